The Morgan fingerprint density at radius 1 is 1.67 bits per heavy atom. The molecule has 0 saturated heterocycles. The molecule has 1 aromatic heterocycles. The normalized spacial score (nSPS) is 10.2. The summed E-state index contributed by atoms with van der Waals surface area (Å²) in [5.41, 5.74) is 0.638. The van der Waals surface area contributed by atoms with Crippen LogP contribution < -0.4 is 0 Å². The van der Waals surface area contributed by atoms with Gasteiger partial charge in [0, 0.05) is 13.5 Å². The average molecular weight is 168 g/mol. The SMILES string of the molecule is CCc1occc1C(=O)COC. The first-order valence-corrected chi connectivity index (χ1v) is 3.88. The van der Waals surface area contributed by atoms with Crippen molar-refractivity contribution in [3.05, 3.63) is 23.7 Å². The third kappa shape index (κ3) is 1.74. The zero-order valence-corrected chi connectivity index (χ0v) is 7.29. The number of carbonyl (C=O) groups excluding carboxylic acids is 1. The molecule has 0 aromatic carbocycles. The second kappa shape index (κ2) is 4.07. The van der Waals surface area contributed by atoms with Crippen LogP contribution in [0.1, 0.15) is 23.0 Å². The first-order valence-electron chi connectivity index (χ1n) is 3.88. The fourth-order valence-corrected chi connectivity index (χ4v) is 1.07. The van der Waals surface area contributed by atoms with Crippen LogP contribution in [0.5, 0.6) is 0 Å². The van der Waals surface area contributed by atoms with Crippen molar-refractivity contribution in [3.8, 4) is 0 Å². The Hall–Kier alpha value is -1.09. The zero-order valence-electron chi connectivity index (χ0n) is 7.29. The minimum absolute atomic E-state index is 0.0249. The summed E-state index contributed by atoms with van der Waals surface area (Å²) >= 11 is 0. The van der Waals surface area contributed by atoms with Crippen LogP contribution in [-0.2, 0) is 11.2 Å². The molecule has 0 amide bonds. The molecule has 0 N–H and O–H groups in total. The van der Waals surface area contributed by atoms with E-state index in [-0.39, 0.29) is 12.4 Å². The first-order chi connectivity index (χ1) is 5.79. The summed E-state index contributed by atoms with van der Waals surface area (Å²) in [6.07, 6.45) is 2.26. The van der Waals surface area contributed by atoms with Gasteiger partial charge in [-0.2, -0.15) is 0 Å². The number of ether oxygens (including phenoxy) is 1. The lowest BCUT2D eigenvalue weighted by molar-refractivity contribution is 0.0846. The molecule has 0 saturated carbocycles. The lowest BCUT2D eigenvalue weighted by Gasteiger charge is -1.97. The van der Waals surface area contributed by atoms with E-state index in [1.165, 1.54) is 13.4 Å². The van der Waals surface area contributed by atoms with Crippen LogP contribution >= 0.6 is 0 Å². The molecule has 0 bridgehead atoms. The summed E-state index contributed by atoms with van der Waals surface area (Å²) in [4.78, 5) is 11.3. The van der Waals surface area contributed by atoms with Crippen molar-refractivity contribution < 1.29 is 13.9 Å². The second-order valence-corrected chi connectivity index (χ2v) is 2.47. The first kappa shape index (κ1) is 9.00. The van der Waals surface area contributed by atoms with E-state index < -0.39 is 0 Å². The van der Waals surface area contributed by atoms with Gasteiger partial charge in [0.15, 0.2) is 5.78 Å². The van der Waals surface area contributed by atoms with E-state index in [1.807, 2.05) is 6.92 Å². The Morgan fingerprint density at radius 2 is 2.42 bits per heavy atom. The van der Waals surface area contributed by atoms with Crippen LogP contribution in [-0.4, -0.2) is 19.5 Å². The van der Waals surface area contributed by atoms with Crippen LogP contribution in [0.25, 0.3) is 0 Å². The van der Waals surface area contributed by atoms with Gasteiger partial charge in [0.1, 0.15) is 12.4 Å². The third-order valence-electron chi connectivity index (χ3n) is 1.64. The van der Waals surface area contributed by atoms with Crippen LogP contribution in [0.15, 0.2) is 16.7 Å². The van der Waals surface area contributed by atoms with Crippen molar-refractivity contribution in [1.29, 1.82) is 0 Å². The number of furan rings is 1. The van der Waals surface area contributed by atoms with Gasteiger partial charge in [-0.15, -0.1) is 0 Å². The summed E-state index contributed by atoms with van der Waals surface area (Å²) in [6.45, 7) is 2.06. The highest BCUT2D eigenvalue weighted by atomic mass is 16.5. The Labute approximate surface area is 71.3 Å². The average Bonchev–Trinajstić information content (AvgIpc) is 2.51. The highest BCUT2D eigenvalue weighted by molar-refractivity contribution is 5.97. The number of rotatable bonds is 4. The third-order valence-corrected chi connectivity index (χ3v) is 1.64. The van der Waals surface area contributed by atoms with Crippen LogP contribution in [0, 0.1) is 0 Å². The zero-order chi connectivity index (χ0) is 8.97. The van der Waals surface area contributed by atoms with Crippen molar-refractivity contribution in [2.75, 3.05) is 13.7 Å². The molecule has 12 heavy (non-hydrogen) atoms. The molecule has 1 aromatic rings. The van der Waals surface area contributed by atoms with Gasteiger partial charge in [0.2, 0.25) is 0 Å². The van der Waals surface area contributed by atoms with Gasteiger partial charge in [-0.25, -0.2) is 0 Å². The van der Waals surface area contributed by atoms with Crippen LogP contribution in [0.4, 0.5) is 0 Å². The number of methoxy groups -OCH3 is 1. The van der Waals surface area contributed by atoms with Crippen LogP contribution in [0.2, 0.25) is 0 Å². The van der Waals surface area contributed by atoms with Crippen molar-refractivity contribution >= 4 is 5.78 Å². The molecule has 3 heteroatoms. The van der Waals surface area contributed by atoms with E-state index >= 15 is 0 Å². The molecule has 0 radical (unpaired) electrons. The van der Waals surface area contributed by atoms with E-state index in [0.29, 0.717) is 5.56 Å². The van der Waals surface area contributed by atoms with Crippen LogP contribution in [0.3, 0.4) is 0 Å². The molecule has 0 unspecified atom stereocenters. The summed E-state index contributed by atoms with van der Waals surface area (Å²) in [6, 6.07) is 1.68. The lowest BCUT2D eigenvalue weighted by Crippen LogP contribution is -2.07. The maximum absolute atomic E-state index is 11.3. The van der Waals surface area contributed by atoms with Crippen molar-refractivity contribution in [2.24, 2.45) is 0 Å². The molecule has 66 valence electrons. The summed E-state index contributed by atoms with van der Waals surface area (Å²) in [7, 11) is 1.50. The Kier molecular flexibility index (Phi) is 3.05. The van der Waals surface area contributed by atoms with E-state index in [9.17, 15) is 4.79 Å². The van der Waals surface area contributed by atoms with E-state index in [4.69, 9.17) is 9.15 Å². The molecule has 0 atom stereocenters. The number of carbonyl (C=O) groups is 1. The van der Waals surface area contributed by atoms with Gasteiger partial charge in [-0.05, 0) is 6.07 Å². The van der Waals surface area contributed by atoms with Gasteiger partial charge in [0.25, 0.3) is 0 Å². The molecule has 0 aliphatic heterocycles. The molecule has 0 fully saturated rings. The molecular formula is C9H12O3. The molecular weight excluding hydrogens is 156 g/mol. The predicted molar refractivity (Wildman–Crippen MR) is 44.3 cm³/mol. The summed E-state index contributed by atoms with van der Waals surface area (Å²) in [5.74, 6) is 0.708. The highest BCUT2D eigenvalue weighted by Gasteiger charge is 2.11. The molecule has 1 rings (SSSR count). The maximum atomic E-state index is 11.3. The highest BCUT2D eigenvalue weighted by Crippen LogP contribution is 2.11. The van der Waals surface area contributed by atoms with E-state index in [1.54, 1.807) is 6.07 Å². The van der Waals surface area contributed by atoms with E-state index in [0.717, 1.165) is 12.2 Å². The Bertz CT molecular complexity index is 262. The minimum atomic E-state index is -0.0249. The van der Waals surface area contributed by atoms with Crippen molar-refractivity contribution in [1.82, 2.24) is 0 Å². The number of hydrogen-bond donors (Lipinski definition) is 0. The topological polar surface area (TPSA) is 39.4 Å². The van der Waals surface area contributed by atoms with Gasteiger partial charge < -0.3 is 9.15 Å². The standard InChI is InChI=1S/C9H12O3/c1-3-9-7(4-5-12-9)8(10)6-11-2/h4-5H,3,6H2,1-2H3. The molecule has 0 spiro atoms. The molecule has 3 nitrogen and oxygen atoms in total. The lowest BCUT2D eigenvalue weighted by atomic mass is 10.1. The predicted octanol–water partition coefficient (Wildman–Crippen LogP) is 1.67. The quantitative estimate of drug-likeness (QED) is 0.642. The molecule has 0 aliphatic carbocycles. The van der Waals surface area contributed by atoms with Gasteiger partial charge in [0.05, 0.1) is 11.8 Å². The largest absolute Gasteiger partial charge is 0.469 e. The monoisotopic (exact) mass is 168 g/mol. The number of Topliss-reactive ketones (excluding diaryl/α,β-unsaturated/α-hetero) is 1. The maximum Gasteiger partial charge on any atom is 0.191 e. The molecule has 1 heterocycles. The smallest absolute Gasteiger partial charge is 0.191 e. The summed E-state index contributed by atoms with van der Waals surface area (Å²) < 4.78 is 9.84. The second-order valence-electron chi connectivity index (χ2n) is 2.47. The number of aryl methyl sites for hydroxylation is 1. The fraction of sp³-hybridized carbons (Fsp3) is 0.444. The van der Waals surface area contributed by atoms with E-state index in [2.05, 4.69) is 0 Å². The van der Waals surface area contributed by atoms with Crippen molar-refractivity contribution in [2.45, 2.75) is 13.3 Å². The number of hydrogen-bond acceptors (Lipinski definition) is 3. The van der Waals surface area contributed by atoms with Gasteiger partial charge >= 0.3 is 0 Å². The number of ketones is 1. The van der Waals surface area contributed by atoms with Gasteiger partial charge in [-0.3, -0.25) is 4.79 Å². The summed E-state index contributed by atoms with van der Waals surface area (Å²) in [5, 5.41) is 0. The Morgan fingerprint density at radius 3 is 3.00 bits per heavy atom. The van der Waals surface area contributed by atoms with Crippen molar-refractivity contribution in [3.63, 3.8) is 0 Å². The Balaban J connectivity index is 2.79. The molecule has 0 aliphatic rings. The minimum Gasteiger partial charge on any atom is -0.469 e. The van der Waals surface area contributed by atoms with Gasteiger partial charge in [-0.1, -0.05) is 6.92 Å². The fourth-order valence-electron chi connectivity index (χ4n) is 1.07.